The number of nitrogens with one attached hydrogen (secondary N) is 1. The topological polar surface area (TPSA) is 51.0 Å². The van der Waals surface area contributed by atoms with Gasteiger partial charge in [0.05, 0.1) is 0 Å². The lowest BCUT2D eigenvalue weighted by Crippen LogP contribution is -2.25. The first-order valence-corrected chi connectivity index (χ1v) is 6.95. The highest BCUT2D eigenvalue weighted by atomic mass is 35.5. The summed E-state index contributed by atoms with van der Waals surface area (Å²) in [6.45, 7) is 0.839. The molecule has 0 bridgehead atoms. The molecule has 0 saturated heterocycles. The lowest BCUT2D eigenvalue weighted by atomic mass is 10.0. The van der Waals surface area contributed by atoms with E-state index in [1.165, 1.54) is 24.7 Å². The number of aromatic nitrogens is 2. The van der Waals surface area contributed by atoms with E-state index >= 15 is 0 Å². The van der Waals surface area contributed by atoms with Gasteiger partial charge >= 0.3 is 0 Å². The molecule has 1 aromatic heterocycles. The van der Waals surface area contributed by atoms with E-state index in [0.29, 0.717) is 11.9 Å². The van der Waals surface area contributed by atoms with Crippen molar-refractivity contribution in [2.24, 2.45) is 5.92 Å². The quantitative estimate of drug-likeness (QED) is 0.882. The molecule has 4 nitrogen and oxygen atoms in total. The second-order valence-electron chi connectivity index (χ2n) is 4.91. The molecule has 19 heavy (non-hydrogen) atoms. The monoisotopic (exact) mass is 277 g/mol. The average Bonchev–Trinajstić information content (AvgIpc) is 3.13. The molecule has 0 radical (unpaired) electrons. The van der Waals surface area contributed by atoms with Crippen LogP contribution in [0.15, 0.2) is 35.1 Å². The van der Waals surface area contributed by atoms with Crippen LogP contribution in [-0.4, -0.2) is 16.7 Å². The van der Waals surface area contributed by atoms with Crippen LogP contribution in [0.2, 0.25) is 5.02 Å². The van der Waals surface area contributed by atoms with Crippen molar-refractivity contribution in [2.45, 2.75) is 25.3 Å². The van der Waals surface area contributed by atoms with Crippen LogP contribution < -0.4 is 5.32 Å². The number of hydrogen-bond donors (Lipinski definition) is 1. The van der Waals surface area contributed by atoms with Gasteiger partial charge in [-0.25, -0.2) is 0 Å². The van der Waals surface area contributed by atoms with Crippen molar-refractivity contribution in [1.29, 1.82) is 0 Å². The molecule has 1 heterocycles. The Morgan fingerprint density at radius 1 is 1.32 bits per heavy atom. The summed E-state index contributed by atoms with van der Waals surface area (Å²) in [7, 11) is 0. The van der Waals surface area contributed by atoms with Gasteiger partial charge in [-0.05, 0) is 36.5 Å². The van der Waals surface area contributed by atoms with Crippen LogP contribution in [0.25, 0.3) is 0 Å². The highest BCUT2D eigenvalue weighted by Crippen LogP contribution is 2.41. The Morgan fingerprint density at radius 2 is 2.11 bits per heavy atom. The van der Waals surface area contributed by atoms with Gasteiger partial charge in [-0.1, -0.05) is 28.9 Å². The van der Waals surface area contributed by atoms with E-state index in [1.54, 1.807) is 0 Å². The molecule has 1 aliphatic rings. The predicted molar refractivity (Wildman–Crippen MR) is 72.9 cm³/mol. The van der Waals surface area contributed by atoms with Crippen LogP contribution >= 0.6 is 11.6 Å². The molecule has 1 N–H and O–H groups in total. The minimum absolute atomic E-state index is 0.403. The molecule has 1 saturated carbocycles. The van der Waals surface area contributed by atoms with Gasteiger partial charge in [-0.15, -0.1) is 0 Å². The Labute approximate surface area is 117 Å². The zero-order chi connectivity index (χ0) is 13.1. The first-order chi connectivity index (χ1) is 9.33. The molecule has 0 spiro atoms. The lowest BCUT2D eigenvalue weighted by Gasteiger charge is -2.18. The van der Waals surface area contributed by atoms with E-state index in [9.17, 15) is 0 Å². The van der Waals surface area contributed by atoms with Gasteiger partial charge in [-0.2, -0.15) is 4.98 Å². The van der Waals surface area contributed by atoms with Gasteiger partial charge in [0, 0.05) is 24.0 Å². The minimum atomic E-state index is 0.403. The van der Waals surface area contributed by atoms with E-state index in [0.717, 1.165) is 23.9 Å². The summed E-state index contributed by atoms with van der Waals surface area (Å²) in [6, 6.07) is 8.51. The molecular formula is C14H16ClN3O. The van der Waals surface area contributed by atoms with Crippen LogP contribution in [0.1, 0.15) is 30.3 Å². The van der Waals surface area contributed by atoms with Crippen molar-refractivity contribution in [1.82, 2.24) is 15.5 Å². The Hall–Kier alpha value is -1.39. The smallest absolute Gasteiger partial charge is 0.227 e. The molecule has 2 aromatic rings. The van der Waals surface area contributed by atoms with Gasteiger partial charge in [0.1, 0.15) is 0 Å². The van der Waals surface area contributed by atoms with Crippen LogP contribution in [0, 0.1) is 5.92 Å². The molecule has 1 unspecified atom stereocenters. The van der Waals surface area contributed by atoms with Crippen LogP contribution in [0.5, 0.6) is 0 Å². The van der Waals surface area contributed by atoms with Gasteiger partial charge in [-0.3, -0.25) is 0 Å². The van der Waals surface area contributed by atoms with Crippen molar-refractivity contribution >= 4 is 11.6 Å². The molecular weight excluding hydrogens is 262 g/mol. The normalized spacial score (nSPS) is 16.5. The van der Waals surface area contributed by atoms with Gasteiger partial charge in [0.2, 0.25) is 5.89 Å². The number of halogens is 1. The van der Waals surface area contributed by atoms with E-state index in [1.807, 2.05) is 12.1 Å². The van der Waals surface area contributed by atoms with Gasteiger partial charge in [0.15, 0.2) is 6.33 Å². The van der Waals surface area contributed by atoms with Gasteiger partial charge < -0.3 is 9.84 Å². The third-order valence-electron chi connectivity index (χ3n) is 3.43. The summed E-state index contributed by atoms with van der Waals surface area (Å²) in [4.78, 5) is 4.02. The molecule has 5 heteroatoms. The Balaban J connectivity index is 1.60. The fraction of sp³-hybridized carbons (Fsp3) is 0.429. The molecule has 1 fully saturated rings. The van der Waals surface area contributed by atoms with Crippen molar-refractivity contribution in [3.05, 3.63) is 47.1 Å². The maximum absolute atomic E-state index is 5.94. The summed E-state index contributed by atoms with van der Waals surface area (Å²) in [5.41, 5.74) is 1.30. The van der Waals surface area contributed by atoms with E-state index in [2.05, 4.69) is 27.6 Å². The zero-order valence-corrected chi connectivity index (χ0v) is 11.3. The summed E-state index contributed by atoms with van der Waals surface area (Å²) in [5.74, 6) is 1.42. The van der Waals surface area contributed by atoms with Crippen molar-refractivity contribution in [3.63, 3.8) is 0 Å². The van der Waals surface area contributed by atoms with Crippen LogP contribution in [-0.2, 0) is 6.42 Å². The first kappa shape index (κ1) is 12.6. The highest BCUT2D eigenvalue weighted by molar-refractivity contribution is 6.30. The molecule has 1 aromatic carbocycles. The van der Waals surface area contributed by atoms with Crippen LogP contribution in [0.4, 0.5) is 0 Å². The third-order valence-corrected chi connectivity index (χ3v) is 3.68. The van der Waals surface area contributed by atoms with Crippen molar-refractivity contribution in [2.75, 3.05) is 6.54 Å². The minimum Gasteiger partial charge on any atom is -0.340 e. The zero-order valence-electron chi connectivity index (χ0n) is 10.6. The standard InChI is InChI=1S/C14H16ClN3O/c15-12-5-3-11(4-6-12)14(10-1-2-10)16-8-7-13-17-9-18-19-13/h3-6,9-10,14,16H,1-2,7-8H2. The first-order valence-electron chi connectivity index (χ1n) is 6.57. The number of benzene rings is 1. The number of nitrogens with zero attached hydrogens (tertiary/aromatic N) is 2. The second-order valence-corrected chi connectivity index (χ2v) is 5.34. The Kier molecular flexibility index (Phi) is 3.80. The van der Waals surface area contributed by atoms with Gasteiger partial charge in [0.25, 0.3) is 0 Å². The average molecular weight is 278 g/mol. The summed E-state index contributed by atoms with van der Waals surface area (Å²) in [6.07, 6.45) is 4.78. The molecule has 1 aliphatic carbocycles. The fourth-order valence-electron chi connectivity index (χ4n) is 2.30. The molecule has 0 aliphatic heterocycles. The van der Waals surface area contributed by atoms with E-state index < -0.39 is 0 Å². The summed E-state index contributed by atoms with van der Waals surface area (Å²) in [5, 5.41) is 7.97. The summed E-state index contributed by atoms with van der Waals surface area (Å²) >= 11 is 5.94. The van der Waals surface area contributed by atoms with Crippen LogP contribution in [0.3, 0.4) is 0 Å². The number of rotatable bonds is 6. The third kappa shape index (κ3) is 3.33. The maximum atomic E-state index is 5.94. The SMILES string of the molecule is Clc1ccc(C(NCCc2ncno2)C2CC2)cc1. The largest absolute Gasteiger partial charge is 0.340 e. The van der Waals surface area contributed by atoms with Crippen molar-refractivity contribution < 1.29 is 4.52 Å². The molecule has 1 atom stereocenters. The van der Waals surface area contributed by atoms with Crippen molar-refractivity contribution in [3.8, 4) is 0 Å². The van der Waals surface area contributed by atoms with E-state index in [4.69, 9.17) is 16.1 Å². The molecule has 0 amide bonds. The summed E-state index contributed by atoms with van der Waals surface area (Å²) < 4.78 is 4.99. The number of hydrogen-bond acceptors (Lipinski definition) is 4. The Bertz CT molecular complexity index is 508. The maximum Gasteiger partial charge on any atom is 0.227 e. The highest BCUT2D eigenvalue weighted by Gasteiger charge is 2.31. The lowest BCUT2D eigenvalue weighted by molar-refractivity contribution is 0.369. The predicted octanol–water partition coefficient (Wildman–Crippen LogP) is 3.01. The second kappa shape index (κ2) is 5.72. The molecule has 100 valence electrons. The molecule has 3 rings (SSSR count). The fourth-order valence-corrected chi connectivity index (χ4v) is 2.42. The Morgan fingerprint density at radius 3 is 2.74 bits per heavy atom. The van der Waals surface area contributed by atoms with E-state index in [-0.39, 0.29) is 0 Å².